The summed E-state index contributed by atoms with van der Waals surface area (Å²) in [6.07, 6.45) is 5.06. The summed E-state index contributed by atoms with van der Waals surface area (Å²) in [5.41, 5.74) is 0. The van der Waals surface area contributed by atoms with Crippen LogP contribution in [0.5, 0.6) is 0 Å². The number of aliphatic carboxylic acids is 1. The van der Waals surface area contributed by atoms with Crippen molar-refractivity contribution in [3.05, 3.63) is 11.8 Å². The molecule has 3 N–H and O–H groups in total. The van der Waals surface area contributed by atoms with Crippen molar-refractivity contribution in [3.63, 3.8) is 0 Å². The number of amides is 1. The van der Waals surface area contributed by atoms with Crippen molar-refractivity contribution in [1.82, 2.24) is 5.32 Å². The van der Waals surface area contributed by atoms with Crippen molar-refractivity contribution in [2.45, 2.75) is 32.6 Å². The summed E-state index contributed by atoms with van der Waals surface area (Å²) in [4.78, 5) is 21.1. The maximum atomic E-state index is 11.0. The van der Waals surface area contributed by atoms with Crippen LogP contribution in [-0.4, -0.2) is 28.6 Å². The van der Waals surface area contributed by atoms with Gasteiger partial charge in [-0.2, -0.15) is 0 Å². The second kappa shape index (κ2) is 7.84. The molecule has 0 atom stereocenters. The van der Waals surface area contributed by atoms with Gasteiger partial charge in [-0.1, -0.05) is 19.8 Å². The maximum absolute atomic E-state index is 11.0. The van der Waals surface area contributed by atoms with Crippen LogP contribution in [0.15, 0.2) is 11.8 Å². The van der Waals surface area contributed by atoms with E-state index in [-0.39, 0.29) is 0 Å². The summed E-state index contributed by atoms with van der Waals surface area (Å²) in [5.74, 6) is -2.29. The molecule has 0 saturated carbocycles. The molecular weight excluding hydrogens is 198 g/mol. The lowest BCUT2D eigenvalue weighted by Gasteiger charge is -2.00. The van der Waals surface area contributed by atoms with Gasteiger partial charge in [0, 0.05) is 0 Å². The van der Waals surface area contributed by atoms with E-state index in [0.29, 0.717) is 6.42 Å². The van der Waals surface area contributed by atoms with Crippen LogP contribution in [-0.2, 0) is 9.59 Å². The Morgan fingerprint density at radius 2 is 1.93 bits per heavy atom. The summed E-state index contributed by atoms with van der Waals surface area (Å²) in [7, 11) is 0. The Morgan fingerprint density at radius 3 is 2.47 bits per heavy atom. The van der Waals surface area contributed by atoms with E-state index in [0.717, 1.165) is 19.3 Å². The van der Waals surface area contributed by atoms with Crippen molar-refractivity contribution >= 4 is 11.9 Å². The molecule has 0 rings (SSSR count). The maximum Gasteiger partial charge on any atom is 0.322 e. The fourth-order valence-electron chi connectivity index (χ4n) is 0.972. The van der Waals surface area contributed by atoms with Crippen molar-refractivity contribution < 1.29 is 19.8 Å². The third kappa shape index (κ3) is 7.54. The molecule has 0 saturated heterocycles. The molecule has 5 heteroatoms. The Labute approximate surface area is 88.8 Å². The first-order valence-electron chi connectivity index (χ1n) is 4.97. The molecule has 0 aromatic rings. The zero-order valence-electron chi connectivity index (χ0n) is 8.82. The van der Waals surface area contributed by atoms with Gasteiger partial charge in [0.05, 0.1) is 0 Å². The van der Waals surface area contributed by atoms with Gasteiger partial charge < -0.3 is 15.5 Å². The predicted molar refractivity (Wildman–Crippen MR) is 55.5 cm³/mol. The van der Waals surface area contributed by atoms with Gasteiger partial charge in [0.1, 0.15) is 6.54 Å². The predicted octanol–water partition coefficient (Wildman–Crippen LogP) is 1.21. The molecule has 15 heavy (non-hydrogen) atoms. The molecule has 0 radical (unpaired) electrons. The number of rotatable bonds is 7. The monoisotopic (exact) mass is 215 g/mol. The summed E-state index contributed by atoms with van der Waals surface area (Å²) in [6, 6.07) is 0. The number of carboxylic acids is 1. The van der Waals surface area contributed by atoms with Gasteiger partial charge >= 0.3 is 5.97 Å². The first-order valence-corrected chi connectivity index (χ1v) is 4.97. The number of aliphatic hydroxyl groups excluding tert-OH is 1. The molecule has 0 heterocycles. The Kier molecular flexibility index (Phi) is 7.05. The van der Waals surface area contributed by atoms with Crippen molar-refractivity contribution in [3.8, 4) is 0 Å². The second-order valence-corrected chi connectivity index (χ2v) is 3.16. The highest BCUT2D eigenvalue weighted by Gasteiger charge is 2.07. The fourth-order valence-corrected chi connectivity index (χ4v) is 0.972. The van der Waals surface area contributed by atoms with E-state index in [4.69, 9.17) is 5.11 Å². The number of hydrogen-bond donors (Lipinski definition) is 3. The van der Waals surface area contributed by atoms with Gasteiger partial charge in [-0.05, 0) is 18.9 Å². The highest BCUT2D eigenvalue weighted by molar-refractivity contribution is 5.92. The van der Waals surface area contributed by atoms with Crippen LogP contribution < -0.4 is 5.32 Å². The average Bonchev–Trinajstić information content (AvgIpc) is 2.20. The molecule has 0 unspecified atom stereocenters. The summed E-state index contributed by atoms with van der Waals surface area (Å²) in [5, 5.41) is 19.5. The summed E-state index contributed by atoms with van der Waals surface area (Å²) < 4.78 is 0. The van der Waals surface area contributed by atoms with E-state index < -0.39 is 24.2 Å². The lowest BCUT2D eigenvalue weighted by molar-refractivity contribution is -0.137. The summed E-state index contributed by atoms with van der Waals surface area (Å²) in [6.45, 7) is 1.58. The second-order valence-electron chi connectivity index (χ2n) is 3.16. The third-order valence-corrected chi connectivity index (χ3v) is 1.78. The normalized spacial score (nSPS) is 11.1. The lowest BCUT2D eigenvalue weighted by atomic mass is 10.2. The number of carbonyl (C=O) groups is 2. The molecule has 86 valence electrons. The van der Waals surface area contributed by atoms with Gasteiger partial charge in [-0.25, -0.2) is 0 Å². The average molecular weight is 215 g/mol. The van der Waals surface area contributed by atoms with Crippen LogP contribution in [0, 0.1) is 0 Å². The fraction of sp³-hybridized carbons (Fsp3) is 0.600. The van der Waals surface area contributed by atoms with Crippen molar-refractivity contribution in [2.75, 3.05) is 6.54 Å². The molecular formula is C10H17NO4. The van der Waals surface area contributed by atoms with E-state index in [1.165, 1.54) is 6.08 Å². The Morgan fingerprint density at radius 1 is 1.27 bits per heavy atom. The molecule has 0 aromatic heterocycles. The van der Waals surface area contributed by atoms with Crippen LogP contribution in [0.25, 0.3) is 0 Å². The largest absolute Gasteiger partial charge is 0.503 e. The number of unbranched alkanes of at least 4 members (excludes halogenated alkanes) is 3. The van der Waals surface area contributed by atoms with Crippen LogP contribution >= 0.6 is 0 Å². The molecule has 0 fully saturated rings. The number of allylic oxidation sites excluding steroid dienone is 1. The van der Waals surface area contributed by atoms with E-state index in [2.05, 4.69) is 12.2 Å². The highest BCUT2D eigenvalue weighted by Crippen LogP contribution is 2.01. The van der Waals surface area contributed by atoms with E-state index in [1.54, 1.807) is 0 Å². The Balaban J connectivity index is 3.80. The van der Waals surface area contributed by atoms with Gasteiger partial charge in [0.15, 0.2) is 5.76 Å². The van der Waals surface area contributed by atoms with Crippen LogP contribution in [0.2, 0.25) is 0 Å². The number of carboxylic acid groups (broad SMARTS) is 1. The molecule has 0 bridgehead atoms. The van der Waals surface area contributed by atoms with Gasteiger partial charge in [0.25, 0.3) is 5.91 Å². The van der Waals surface area contributed by atoms with Crippen LogP contribution in [0.1, 0.15) is 32.6 Å². The van der Waals surface area contributed by atoms with Crippen LogP contribution in [0.3, 0.4) is 0 Å². The summed E-state index contributed by atoms with van der Waals surface area (Å²) >= 11 is 0. The van der Waals surface area contributed by atoms with Gasteiger partial charge in [-0.15, -0.1) is 0 Å². The zero-order chi connectivity index (χ0) is 11.7. The molecule has 1 amide bonds. The third-order valence-electron chi connectivity index (χ3n) is 1.78. The topological polar surface area (TPSA) is 86.6 Å². The number of carbonyl (C=O) groups excluding carboxylic acids is 1. The smallest absolute Gasteiger partial charge is 0.322 e. The molecule has 5 nitrogen and oxygen atoms in total. The molecule has 0 spiro atoms. The number of hydrogen-bond acceptors (Lipinski definition) is 3. The molecule has 0 aromatic carbocycles. The molecule has 0 aliphatic rings. The van der Waals surface area contributed by atoms with E-state index in [9.17, 15) is 14.7 Å². The molecule has 0 aliphatic carbocycles. The Bertz CT molecular complexity index is 248. The number of aliphatic hydroxyl groups is 1. The highest BCUT2D eigenvalue weighted by atomic mass is 16.4. The zero-order valence-corrected chi connectivity index (χ0v) is 8.82. The standard InChI is InChI=1S/C10H17NO4/c1-2-3-4-5-6-8(12)10(15)11-7-9(13)14/h6,12H,2-5,7H2,1H3,(H,11,15)(H,13,14). The Hall–Kier alpha value is -1.52. The molecule has 0 aliphatic heterocycles. The lowest BCUT2D eigenvalue weighted by Crippen LogP contribution is -2.30. The van der Waals surface area contributed by atoms with Gasteiger partial charge in [-0.3, -0.25) is 9.59 Å². The minimum absolute atomic E-state index is 0.410. The number of nitrogens with one attached hydrogen (secondary N) is 1. The van der Waals surface area contributed by atoms with Crippen molar-refractivity contribution in [2.24, 2.45) is 0 Å². The quantitative estimate of drug-likeness (QED) is 0.338. The van der Waals surface area contributed by atoms with Crippen LogP contribution in [0.4, 0.5) is 0 Å². The van der Waals surface area contributed by atoms with E-state index >= 15 is 0 Å². The minimum atomic E-state index is -1.14. The van der Waals surface area contributed by atoms with Gasteiger partial charge in [0.2, 0.25) is 0 Å². The first-order chi connectivity index (χ1) is 7.07. The SMILES string of the molecule is CCCCCC=C(O)C(=O)NCC(=O)O. The minimum Gasteiger partial charge on any atom is -0.503 e. The van der Waals surface area contributed by atoms with E-state index in [1.807, 2.05) is 0 Å². The van der Waals surface area contributed by atoms with Crippen molar-refractivity contribution in [1.29, 1.82) is 0 Å². The first kappa shape index (κ1) is 13.5.